The summed E-state index contributed by atoms with van der Waals surface area (Å²) in [6.45, 7) is 3.53. The van der Waals surface area contributed by atoms with Crippen molar-refractivity contribution in [1.82, 2.24) is 0 Å². The topological polar surface area (TPSA) is 66.1 Å². The highest BCUT2D eigenvalue weighted by molar-refractivity contribution is 7.79. The van der Waals surface area contributed by atoms with Crippen molar-refractivity contribution in [3.05, 3.63) is 30.3 Å². The van der Waals surface area contributed by atoms with Crippen LogP contribution in [0.25, 0.3) is 6.08 Å². The number of nitrogens with two attached hydrogens (primary N) is 1. The molecule has 0 amide bonds. The van der Waals surface area contributed by atoms with Gasteiger partial charge in [-0.2, -0.15) is 0 Å². The van der Waals surface area contributed by atoms with Gasteiger partial charge in [0, 0.05) is 10.6 Å². The molecular weight excluding hydrogens is 174 g/mol. The maximum Gasteiger partial charge on any atom is 0.0399 e. The average molecular weight is 182 g/mol. The maximum atomic E-state index is 10.5. The van der Waals surface area contributed by atoms with Crippen LogP contribution in [0.1, 0.15) is 5.56 Å². The molecule has 0 aliphatic heterocycles. The van der Waals surface area contributed by atoms with E-state index < -0.39 is 11.1 Å². The first kappa shape index (κ1) is 8.96. The quantitative estimate of drug-likeness (QED) is 0.551. The summed E-state index contributed by atoms with van der Waals surface area (Å²) in [4.78, 5) is 0.193. The molecule has 12 heavy (non-hydrogen) atoms. The van der Waals surface area contributed by atoms with Gasteiger partial charge in [-0.3, -0.25) is 4.21 Å². The largest absolute Gasteiger partial charge is 0.768 e. The highest BCUT2D eigenvalue weighted by Crippen LogP contribution is 2.16. The number of hydrogen-bond donors (Lipinski definition) is 1. The molecule has 0 spiro atoms. The fraction of sp³-hybridized carbons (Fsp3) is 0. The lowest BCUT2D eigenvalue weighted by atomic mass is 10.2. The Morgan fingerprint density at radius 3 is 2.67 bits per heavy atom. The van der Waals surface area contributed by atoms with Crippen LogP contribution < -0.4 is 5.73 Å². The standard InChI is InChI=1S/C8H9NO2S/c1-2-6-3-4-7(12(10)11)5-8(6)9/h2-5H,1,9H2,(H,10,11)/p-1. The molecule has 4 heteroatoms. The molecule has 1 unspecified atom stereocenters. The Kier molecular flexibility index (Phi) is 2.62. The third-order valence-corrected chi connectivity index (χ3v) is 2.11. The Bertz CT molecular complexity index is 336. The predicted molar refractivity (Wildman–Crippen MR) is 48.1 cm³/mol. The summed E-state index contributed by atoms with van der Waals surface area (Å²) in [5.74, 6) is 0. The molecule has 0 saturated heterocycles. The summed E-state index contributed by atoms with van der Waals surface area (Å²) < 4.78 is 20.9. The number of nitrogen functional groups attached to an aromatic ring is 1. The highest BCUT2D eigenvalue weighted by Gasteiger charge is 1.96. The Balaban J connectivity index is 3.18. The fourth-order valence-corrected chi connectivity index (χ4v) is 1.24. The molecule has 1 atom stereocenters. The molecule has 0 saturated carbocycles. The second kappa shape index (κ2) is 3.51. The molecule has 1 aromatic carbocycles. The zero-order chi connectivity index (χ0) is 9.14. The first-order valence-electron chi connectivity index (χ1n) is 3.26. The molecule has 0 aromatic heterocycles. The number of anilines is 1. The number of hydrogen-bond acceptors (Lipinski definition) is 3. The number of rotatable bonds is 2. The molecular formula is C8H8NO2S-. The minimum Gasteiger partial charge on any atom is -0.768 e. The van der Waals surface area contributed by atoms with Crippen LogP contribution in [0.15, 0.2) is 29.7 Å². The van der Waals surface area contributed by atoms with Gasteiger partial charge in [0.05, 0.1) is 0 Å². The molecule has 3 nitrogen and oxygen atoms in total. The average Bonchev–Trinajstić information content (AvgIpc) is 2.04. The minimum atomic E-state index is -2.21. The normalized spacial score (nSPS) is 12.4. The first-order valence-corrected chi connectivity index (χ1v) is 4.34. The lowest BCUT2D eigenvalue weighted by Gasteiger charge is -2.07. The van der Waals surface area contributed by atoms with E-state index in [9.17, 15) is 8.76 Å². The third kappa shape index (κ3) is 1.72. The molecule has 0 radical (unpaired) electrons. The molecule has 0 fully saturated rings. The van der Waals surface area contributed by atoms with Gasteiger partial charge in [0.1, 0.15) is 0 Å². The van der Waals surface area contributed by atoms with E-state index in [1.807, 2.05) is 0 Å². The van der Waals surface area contributed by atoms with Crippen LogP contribution in [0.5, 0.6) is 0 Å². The summed E-state index contributed by atoms with van der Waals surface area (Å²) in [5, 5.41) is 0. The van der Waals surface area contributed by atoms with E-state index in [2.05, 4.69) is 6.58 Å². The Hall–Kier alpha value is -1.13. The van der Waals surface area contributed by atoms with Gasteiger partial charge in [-0.1, -0.05) is 18.7 Å². The molecule has 0 aliphatic carbocycles. The van der Waals surface area contributed by atoms with Gasteiger partial charge in [-0.15, -0.1) is 0 Å². The monoisotopic (exact) mass is 182 g/mol. The van der Waals surface area contributed by atoms with E-state index in [0.29, 0.717) is 5.69 Å². The molecule has 2 N–H and O–H groups in total. The van der Waals surface area contributed by atoms with Crippen molar-refractivity contribution in [3.63, 3.8) is 0 Å². The van der Waals surface area contributed by atoms with E-state index >= 15 is 0 Å². The smallest absolute Gasteiger partial charge is 0.0399 e. The van der Waals surface area contributed by atoms with Crippen LogP contribution in [-0.2, 0) is 11.1 Å². The number of benzene rings is 1. The summed E-state index contributed by atoms with van der Waals surface area (Å²) in [7, 11) is 0. The van der Waals surface area contributed by atoms with Crippen molar-refractivity contribution < 1.29 is 8.76 Å². The Morgan fingerprint density at radius 1 is 1.58 bits per heavy atom. The summed E-state index contributed by atoms with van der Waals surface area (Å²) in [5.41, 5.74) is 6.69. The van der Waals surface area contributed by atoms with E-state index in [1.165, 1.54) is 12.1 Å². The highest BCUT2D eigenvalue weighted by atomic mass is 32.2. The molecule has 0 heterocycles. The fourth-order valence-electron chi connectivity index (χ4n) is 0.842. The van der Waals surface area contributed by atoms with Crippen LogP contribution >= 0.6 is 0 Å². The summed E-state index contributed by atoms with van der Waals surface area (Å²) >= 11 is -2.21. The van der Waals surface area contributed by atoms with Crippen LogP contribution in [0.4, 0.5) is 5.69 Å². The van der Waals surface area contributed by atoms with E-state index in [0.717, 1.165) is 5.56 Å². The van der Waals surface area contributed by atoms with Gasteiger partial charge in [-0.25, -0.2) is 0 Å². The summed E-state index contributed by atoms with van der Waals surface area (Å²) in [6, 6.07) is 4.50. The van der Waals surface area contributed by atoms with Crippen molar-refractivity contribution in [2.75, 3.05) is 5.73 Å². The second-order valence-corrected chi connectivity index (χ2v) is 3.17. The van der Waals surface area contributed by atoms with E-state index in [-0.39, 0.29) is 4.90 Å². The Labute approximate surface area is 73.2 Å². The zero-order valence-electron chi connectivity index (χ0n) is 6.32. The molecule has 1 aromatic rings. The van der Waals surface area contributed by atoms with Gasteiger partial charge in [0.2, 0.25) is 0 Å². The van der Waals surface area contributed by atoms with Gasteiger partial charge in [0.15, 0.2) is 0 Å². The van der Waals surface area contributed by atoms with Crippen molar-refractivity contribution >= 4 is 22.8 Å². The third-order valence-electron chi connectivity index (χ3n) is 1.47. The molecule has 64 valence electrons. The SMILES string of the molecule is C=Cc1ccc(S(=O)[O-])cc1N. The Morgan fingerprint density at radius 2 is 2.25 bits per heavy atom. The van der Waals surface area contributed by atoms with Gasteiger partial charge >= 0.3 is 0 Å². The zero-order valence-corrected chi connectivity index (χ0v) is 7.14. The van der Waals surface area contributed by atoms with Crippen molar-refractivity contribution in [2.45, 2.75) is 4.90 Å². The molecule has 0 aliphatic rings. The first-order chi connectivity index (χ1) is 5.65. The van der Waals surface area contributed by atoms with Crippen LogP contribution in [0.2, 0.25) is 0 Å². The second-order valence-electron chi connectivity index (χ2n) is 2.23. The lowest BCUT2D eigenvalue weighted by molar-refractivity contribution is 0.537. The van der Waals surface area contributed by atoms with Crippen molar-refractivity contribution in [3.8, 4) is 0 Å². The van der Waals surface area contributed by atoms with Gasteiger partial charge in [-0.05, 0) is 28.8 Å². The van der Waals surface area contributed by atoms with E-state index in [4.69, 9.17) is 5.73 Å². The molecule has 0 bridgehead atoms. The minimum absolute atomic E-state index is 0.193. The van der Waals surface area contributed by atoms with Gasteiger partial charge in [0.25, 0.3) is 0 Å². The lowest BCUT2D eigenvalue weighted by Crippen LogP contribution is -1.94. The van der Waals surface area contributed by atoms with Gasteiger partial charge < -0.3 is 10.3 Å². The van der Waals surface area contributed by atoms with Crippen molar-refractivity contribution in [1.29, 1.82) is 0 Å². The van der Waals surface area contributed by atoms with Crippen LogP contribution in [0.3, 0.4) is 0 Å². The maximum absolute atomic E-state index is 10.5. The van der Waals surface area contributed by atoms with Crippen LogP contribution in [-0.4, -0.2) is 8.76 Å². The van der Waals surface area contributed by atoms with E-state index in [1.54, 1.807) is 12.1 Å². The summed E-state index contributed by atoms with van der Waals surface area (Å²) in [6.07, 6.45) is 1.58. The molecule has 1 rings (SSSR count). The van der Waals surface area contributed by atoms with Crippen molar-refractivity contribution in [2.24, 2.45) is 0 Å². The predicted octanol–water partition coefficient (Wildman–Crippen LogP) is 1.15. The van der Waals surface area contributed by atoms with Crippen LogP contribution in [0, 0.1) is 0 Å².